The molecule has 0 aliphatic heterocycles. The molecule has 0 bridgehead atoms. The number of nitrogens with zero attached hydrogens (tertiary/aromatic N) is 3. The van der Waals surface area contributed by atoms with Gasteiger partial charge in [0.2, 0.25) is 0 Å². The van der Waals surface area contributed by atoms with Crippen LogP contribution in [-0.4, -0.2) is 34.6 Å². The van der Waals surface area contributed by atoms with Crippen molar-refractivity contribution in [2.24, 2.45) is 0 Å². The van der Waals surface area contributed by atoms with Gasteiger partial charge < -0.3 is 9.72 Å². The van der Waals surface area contributed by atoms with E-state index in [1.165, 1.54) is 22.7 Å². The molecule has 0 unspecified atom stereocenters. The number of aromatic nitrogens is 4. The first kappa shape index (κ1) is 26.7. The number of aromatic amines is 1. The minimum absolute atomic E-state index is 0.0403. The van der Waals surface area contributed by atoms with Crippen molar-refractivity contribution in [2.75, 3.05) is 11.3 Å². The van der Waals surface area contributed by atoms with Crippen LogP contribution < -0.4 is 15.0 Å². The Morgan fingerprint density at radius 3 is 2.46 bits per heavy atom. The Bertz CT molecular complexity index is 1690. The molecule has 0 atom stereocenters. The third-order valence-corrected chi connectivity index (χ3v) is 8.08. The Morgan fingerprint density at radius 2 is 1.82 bits per heavy atom. The normalized spacial score (nSPS) is 14.7. The fourth-order valence-corrected chi connectivity index (χ4v) is 5.93. The van der Waals surface area contributed by atoms with Gasteiger partial charge in [0.25, 0.3) is 15.6 Å². The minimum atomic E-state index is -4.54. The quantitative estimate of drug-likeness (QED) is 0.317. The Hall–Kier alpha value is -3.87. The number of benzene rings is 2. The predicted octanol–water partition coefficient (Wildman–Crippen LogP) is 5.27. The van der Waals surface area contributed by atoms with Gasteiger partial charge in [0, 0.05) is 11.6 Å². The second-order valence-corrected chi connectivity index (χ2v) is 11.1. The number of nitrogens with one attached hydrogen (secondary N) is 2. The van der Waals surface area contributed by atoms with E-state index in [-0.39, 0.29) is 34.5 Å². The number of alkyl halides is 3. The Kier molecular flexibility index (Phi) is 6.87. The van der Waals surface area contributed by atoms with Crippen molar-refractivity contribution >= 4 is 21.2 Å². The van der Waals surface area contributed by atoms with Crippen LogP contribution in [0.3, 0.4) is 0 Å². The summed E-state index contributed by atoms with van der Waals surface area (Å²) in [6.07, 6.45) is -0.534. The zero-order valence-electron chi connectivity index (χ0n) is 21.2. The molecule has 2 aromatic carbocycles. The SMILES string of the molecule is CCOc1ccc(S(=O)(=O)Nc2ccc(C(F)(F)F)cc2)cc1-c1nn2c(C3CCCC3)nc(C)c2c(=O)[nH]1. The van der Waals surface area contributed by atoms with E-state index in [2.05, 4.69) is 19.8 Å². The zero-order chi connectivity index (χ0) is 27.9. The lowest BCUT2D eigenvalue weighted by Gasteiger charge is -2.14. The number of aryl methyl sites for hydroxylation is 1. The fraction of sp³-hybridized carbons (Fsp3) is 0.346. The molecule has 1 aliphatic carbocycles. The molecule has 2 aromatic heterocycles. The molecule has 9 nitrogen and oxygen atoms in total. The second-order valence-electron chi connectivity index (χ2n) is 9.37. The smallest absolute Gasteiger partial charge is 0.416 e. The van der Waals surface area contributed by atoms with Gasteiger partial charge in [0.1, 0.15) is 11.6 Å². The van der Waals surface area contributed by atoms with Crippen molar-refractivity contribution in [3.8, 4) is 17.1 Å². The highest BCUT2D eigenvalue weighted by Gasteiger charge is 2.30. The van der Waals surface area contributed by atoms with Gasteiger partial charge in [0.05, 0.1) is 28.3 Å². The largest absolute Gasteiger partial charge is 0.493 e. The molecular weight excluding hydrogens is 535 g/mol. The molecule has 2 N–H and O–H groups in total. The van der Waals surface area contributed by atoms with Gasteiger partial charge in [-0.1, -0.05) is 12.8 Å². The van der Waals surface area contributed by atoms with E-state index in [1.807, 2.05) is 0 Å². The van der Waals surface area contributed by atoms with Crippen LogP contribution >= 0.6 is 0 Å². The predicted molar refractivity (Wildman–Crippen MR) is 138 cm³/mol. The van der Waals surface area contributed by atoms with Crippen molar-refractivity contribution in [1.82, 2.24) is 19.6 Å². The van der Waals surface area contributed by atoms with Gasteiger partial charge >= 0.3 is 6.18 Å². The van der Waals surface area contributed by atoms with Crippen LogP contribution in [0.2, 0.25) is 0 Å². The maximum atomic E-state index is 13.2. The first-order chi connectivity index (χ1) is 18.5. The molecule has 0 spiro atoms. The molecule has 1 saturated carbocycles. The van der Waals surface area contributed by atoms with Gasteiger partial charge in [-0.2, -0.15) is 13.2 Å². The number of fused-ring (bicyclic) bond motifs is 1. The van der Waals surface area contributed by atoms with Crippen molar-refractivity contribution in [3.63, 3.8) is 0 Å². The van der Waals surface area contributed by atoms with Crippen molar-refractivity contribution < 1.29 is 26.3 Å². The Labute approximate surface area is 222 Å². The number of hydrogen-bond acceptors (Lipinski definition) is 6. The van der Waals surface area contributed by atoms with Crippen molar-refractivity contribution in [1.29, 1.82) is 0 Å². The van der Waals surface area contributed by atoms with E-state index in [1.54, 1.807) is 13.8 Å². The number of anilines is 1. The number of hydrogen-bond donors (Lipinski definition) is 2. The van der Waals surface area contributed by atoms with Crippen LogP contribution in [0.25, 0.3) is 16.9 Å². The van der Waals surface area contributed by atoms with Crippen LogP contribution in [0, 0.1) is 6.92 Å². The van der Waals surface area contributed by atoms with E-state index >= 15 is 0 Å². The van der Waals surface area contributed by atoms with Crippen molar-refractivity contribution in [2.45, 2.75) is 56.5 Å². The summed E-state index contributed by atoms with van der Waals surface area (Å²) < 4.78 is 74.5. The summed E-state index contributed by atoms with van der Waals surface area (Å²) in [6, 6.07) is 7.72. The van der Waals surface area contributed by atoms with Crippen LogP contribution in [0.15, 0.2) is 52.2 Å². The first-order valence-electron chi connectivity index (χ1n) is 12.4. The number of imidazole rings is 1. The maximum absolute atomic E-state index is 13.2. The second kappa shape index (κ2) is 10.0. The van der Waals surface area contributed by atoms with Crippen LogP contribution in [-0.2, 0) is 16.2 Å². The van der Waals surface area contributed by atoms with Crippen molar-refractivity contribution in [3.05, 3.63) is 69.9 Å². The Morgan fingerprint density at radius 1 is 1.13 bits per heavy atom. The molecule has 1 aliphatic rings. The third kappa shape index (κ3) is 5.22. The summed E-state index contributed by atoms with van der Waals surface area (Å²) in [5.74, 6) is 1.25. The molecular formula is C26H26F3N5O4S. The molecule has 0 radical (unpaired) electrons. The van der Waals surface area contributed by atoms with Gasteiger partial charge in [-0.05, 0) is 69.2 Å². The Balaban J connectivity index is 1.57. The molecule has 0 amide bonds. The number of H-pyrrole nitrogens is 1. The topological polar surface area (TPSA) is 118 Å². The van der Waals surface area contributed by atoms with Gasteiger partial charge in [-0.15, -0.1) is 5.10 Å². The van der Waals surface area contributed by atoms with E-state index < -0.39 is 27.3 Å². The summed E-state index contributed by atoms with van der Waals surface area (Å²) in [5, 5.41) is 4.65. The summed E-state index contributed by atoms with van der Waals surface area (Å²) in [7, 11) is -4.22. The van der Waals surface area contributed by atoms with E-state index in [0.29, 0.717) is 22.8 Å². The first-order valence-corrected chi connectivity index (χ1v) is 13.9. The zero-order valence-corrected chi connectivity index (χ0v) is 22.0. The lowest BCUT2D eigenvalue weighted by atomic mass is 10.1. The standard InChI is InChI=1S/C26H26F3N5O4S/c1-3-38-21-13-12-19(39(36,37)33-18-10-8-17(9-11-18)26(27,28)29)14-20(21)23-31-25(35)22-15(2)30-24(34(22)32-23)16-6-4-5-7-16/h8-14,16,33H,3-7H2,1-2H3,(H,31,32,35). The van der Waals surface area contributed by atoms with E-state index in [4.69, 9.17) is 4.74 Å². The summed E-state index contributed by atoms with van der Waals surface area (Å²) in [5.41, 5.74) is -0.249. The lowest BCUT2D eigenvalue weighted by Crippen LogP contribution is -2.17. The molecule has 4 aromatic rings. The highest BCUT2D eigenvalue weighted by molar-refractivity contribution is 7.92. The van der Waals surface area contributed by atoms with Crippen LogP contribution in [0.4, 0.5) is 18.9 Å². The molecule has 1 fully saturated rings. The molecule has 5 rings (SSSR count). The van der Waals surface area contributed by atoms with Crippen LogP contribution in [0.5, 0.6) is 5.75 Å². The summed E-state index contributed by atoms with van der Waals surface area (Å²) in [6.45, 7) is 3.78. The fourth-order valence-electron chi connectivity index (χ4n) is 4.85. The highest BCUT2D eigenvalue weighted by Crippen LogP contribution is 2.35. The number of sulfonamides is 1. The van der Waals surface area contributed by atoms with Gasteiger partial charge in [-0.25, -0.2) is 17.9 Å². The van der Waals surface area contributed by atoms with E-state index in [9.17, 15) is 26.4 Å². The molecule has 39 heavy (non-hydrogen) atoms. The summed E-state index contributed by atoms with van der Waals surface area (Å²) >= 11 is 0. The average molecular weight is 562 g/mol. The van der Waals surface area contributed by atoms with Crippen LogP contribution in [0.1, 0.15) is 55.6 Å². The highest BCUT2D eigenvalue weighted by atomic mass is 32.2. The molecule has 2 heterocycles. The molecule has 0 saturated heterocycles. The minimum Gasteiger partial charge on any atom is -0.493 e. The average Bonchev–Trinajstić information content (AvgIpc) is 3.52. The van der Waals surface area contributed by atoms with E-state index in [0.717, 1.165) is 49.9 Å². The lowest BCUT2D eigenvalue weighted by molar-refractivity contribution is -0.137. The molecule has 206 valence electrons. The number of ether oxygens (including phenoxy) is 1. The maximum Gasteiger partial charge on any atom is 0.416 e. The third-order valence-electron chi connectivity index (χ3n) is 6.70. The van der Waals surface area contributed by atoms with Gasteiger partial charge in [-0.3, -0.25) is 9.52 Å². The number of halogens is 3. The number of rotatable bonds is 7. The van der Waals surface area contributed by atoms with Gasteiger partial charge in [0.15, 0.2) is 11.3 Å². The monoisotopic (exact) mass is 561 g/mol. The summed E-state index contributed by atoms with van der Waals surface area (Å²) in [4.78, 5) is 20.3. The molecule has 13 heteroatoms.